The van der Waals surface area contributed by atoms with E-state index in [1.807, 2.05) is 41.3 Å². The summed E-state index contributed by atoms with van der Waals surface area (Å²) in [5.74, 6) is 2.07. The minimum absolute atomic E-state index is 0.0109. The van der Waals surface area contributed by atoms with Crippen LogP contribution >= 0.6 is 0 Å². The van der Waals surface area contributed by atoms with E-state index < -0.39 is 0 Å². The average Bonchev–Trinajstić information content (AvgIpc) is 3.08. The summed E-state index contributed by atoms with van der Waals surface area (Å²) in [6.07, 6.45) is 1.74. The highest BCUT2D eigenvalue weighted by Gasteiger charge is 2.23. The van der Waals surface area contributed by atoms with Crippen LogP contribution in [0, 0.1) is 5.92 Å². The summed E-state index contributed by atoms with van der Waals surface area (Å²) in [6.45, 7) is 9.34. The van der Waals surface area contributed by atoms with Crippen LogP contribution in [-0.2, 0) is 9.59 Å². The largest absolute Gasteiger partial charge is 0.497 e. The van der Waals surface area contributed by atoms with Gasteiger partial charge in [-0.3, -0.25) is 9.59 Å². The molecule has 0 unspecified atom stereocenters. The van der Waals surface area contributed by atoms with Crippen molar-refractivity contribution in [3.8, 4) is 17.0 Å². The number of nitrogens with zero attached hydrogens (tertiary/aromatic N) is 5. The first-order valence-corrected chi connectivity index (χ1v) is 11.6. The molecule has 0 radical (unpaired) electrons. The van der Waals surface area contributed by atoms with Crippen molar-refractivity contribution in [2.75, 3.05) is 51.3 Å². The van der Waals surface area contributed by atoms with Crippen LogP contribution in [0.2, 0.25) is 0 Å². The number of rotatable bonds is 8. The number of anilines is 1. The molecule has 1 aromatic carbocycles. The summed E-state index contributed by atoms with van der Waals surface area (Å²) in [6, 6.07) is 11.7. The Morgan fingerprint density at radius 3 is 2.39 bits per heavy atom. The van der Waals surface area contributed by atoms with Gasteiger partial charge < -0.3 is 19.4 Å². The lowest BCUT2D eigenvalue weighted by Crippen LogP contribution is -2.44. The van der Waals surface area contributed by atoms with Gasteiger partial charge in [-0.05, 0) is 55.2 Å². The number of methoxy groups -OCH3 is 1. The highest BCUT2D eigenvalue weighted by molar-refractivity contribution is 5.84. The molecule has 1 aliphatic heterocycles. The number of aromatic nitrogens is 2. The molecule has 1 saturated heterocycles. The van der Waals surface area contributed by atoms with Crippen LogP contribution in [0.1, 0.15) is 33.6 Å². The van der Waals surface area contributed by atoms with Gasteiger partial charge in [0.2, 0.25) is 11.8 Å². The SMILES string of the molecule is COc1ccc(-c2ccc(N3CCCN(C(=O)CN(CCC(C)C)C(C)=O)CC3)nn2)cc1. The standard InChI is InChI=1S/C25H35N5O3/c1-19(2)12-15-30(20(3)31)18-25(32)29-14-5-13-28(16-17-29)24-11-10-23(26-27-24)21-6-8-22(33-4)9-7-21/h6-11,19H,5,12-18H2,1-4H3. The Morgan fingerprint density at radius 2 is 1.79 bits per heavy atom. The van der Waals surface area contributed by atoms with Gasteiger partial charge in [0.1, 0.15) is 5.75 Å². The lowest BCUT2D eigenvalue weighted by molar-refractivity contribution is -0.139. The fourth-order valence-corrected chi connectivity index (χ4v) is 3.83. The zero-order valence-corrected chi connectivity index (χ0v) is 20.2. The van der Waals surface area contributed by atoms with Gasteiger partial charge in [0, 0.05) is 45.2 Å². The van der Waals surface area contributed by atoms with E-state index in [1.54, 1.807) is 12.0 Å². The van der Waals surface area contributed by atoms with Gasteiger partial charge in [-0.2, -0.15) is 0 Å². The Kier molecular flexibility index (Phi) is 8.63. The molecule has 1 aliphatic rings. The molecule has 33 heavy (non-hydrogen) atoms. The van der Waals surface area contributed by atoms with E-state index in [-0.39, 0.29) is 18.4 Å². The van der Waals surface area contributed by atoms with Crippen molar-refractivity contribution in [3.05, 3.63) is 36.4 Å². The zero-order valence-electron chi connectivity index (χ0n) is 20.2. The smallest absolute Gasteiger partial charge is 0.242 e. The van der Waals surface area contributed by atoms with Gasteiger partial charge in [0.25, 0.3) is 0 Å². The summed E-state index contributed by atoms with van der Waals surface area (Å²) in [5, 5.41) is 8.83. The van der Waals surface area contributed by atoms with E-state index in [0.29, 0.717) is 32.1 Å². The molecule has 2 heterocycles. The topological polar surface area (TPSA) is 78.9 Å². The van der Waals surface area contributed by atoms with Crippen molar-refractivity contribution < 1.29 is 14.3 Å². The van der Waals surface area contributed by atoms with E-state index in [0.717, 1.165) is 42.2 Å². The molecule has 0 N–H and O–H groups in total. The Hall–Kier alpha value is -3.16. The highest BCUT2D eigenvalue weighted by Crippen LogP contribution is 2.22. The van der Waals surface area contributed by atoms with Gasteiger partial charge in [0.15, 0.2) is 5.82 Å². The second-order valence-corrected chi connectivity index (χ2v) is 8.85. The Bertz CT molecular complexity index is 915. The summed E-state index contributed by atoms with van der Waals surface area (Å²) >= 11 is 0. The van der Waals surface area contributed by atoms with E-state index in [2.05, 4.69) is 28.9 Å². The fraction of sp³-hybridized carbons (Fsp3) is 0.520. The molecule has 1 aromatic heterocycles. The number of carbonyl (C=O) groups is 2. The van der Waals surface area contributed by atoms with E-state index in [9.17, 15) is 9.59 Å². The van der Waals surface area contributed by atoms with Gasteiger partial charge in [-0.25, -0.2) is 0 Å². The predicted octanol–water partition coefficient (Wildman–Crippen LogP) is 3.09. The fourth-order valence-electron chi connectivity index (χ4n) is 3.83. The van der Waals surface area contributed by atoms with Crippen molar-refractivity contribution in [1.29, 1.82) is 0 Å². The molecule has 0 spiro atoms. The van der Waals surface area contributed by atoms with Gasteiger partial charge in [-0.1, -0.05) is 13.8 Å². The van der Waals surface area contributed by atoms with Crippen molar-refractivity contribution in [3.63, 3.8) is 0 Å². The first-order chi connectivity index (χ1) is 15.9. The van der Waals surface area contributed by atoms with Crippen LogP contribution in [0.25, 0.3) is 11.3 Å². The van der Waals surface area contributed by atoms with Crippen LogP contribution in [0.3, 0.4) is 0 Å². The third-order valence-corrected chi connectivity index (χ3v) is 5.96. The lowest BCUT2D eigenvalue weighted by atomic mass is 10.1. The quantitative estimate of drug-likeness (QED) is 0.611. The maximum absolute atomic E-state index is 12.9. The molecule has 0 bridgehead atoms. The minimum Gasteiger partial charge on any atom is -0.497 e. The first kappa shape index (κ1) is 24.5. The van der Waals surface area contributed by atoms with E-state index >= 15 is 0 Å². The molecule has 178 valence electrons. The number of benzene rings is 1. The normalized spacial score (nSPS) is 14.2. The molecule has 8 nitrogen and oxygen atoms in total. The van der Waals surface area contributed by atoms with Crippen LogP contribution in [0.4, 0.5) is 5.82 Å². The second kappa shape index (κ2) is 11.6. The maximum atomic E-state index is 12.9. The van der Waals surface area contributed by atoms with Crippen LogP contribution in [0.5, 0.6) is 5.75 Å². The number of carbonyl (C=O) groups excluding carboxylic acids is 2. The van der Waals surface area contributed by atoms with Crippen molar-refractivity contribution >= 4 is 17.6 Å². The van der Waals surface area contributed by atoms with Crippen molar-refractivity contribution in [2.24, 2.45) is 5.92 Å². The highest BCUT2D eigenvalue weighted by atomic mass is 16.5. The predicted molar refractivity (Wildman–Crippen MR) is 129 cm³/mol. The van der Waals surface area contributed by atoms with Crippen molar-refractivity contribution in [2.45, 2.75) is 33.6 Å². The molecule has 0 aliphatic carbocycles. The average molecular weight is 454 g/mol. The summed E-state index contributed by atoms with van der Waals surface area (Å²) in [5.41, 5.74) is 1.79. The molecule has 2 amide bonds. The molecule has 0 saturated carbocycles. The number of amides is 2. The Labute approximate surface area is 196 Å². The lowest BCUT2D eigenvalue weighted by Gasteiger charge is -2.27. The number of hydrogen-bond donors (Lipinski definition) is 0. The van der Waals surface area contributed by atoms with Crippen LogP contribution in [-0.4, -0.2) is 78.2 Å². The summed E-state index contributed by atoms with van der Waals surface area (Å²) in [4.78, 5) is 30.5. The number of ether oxygens (including phenoxy) is 1. The van der Waals surface area contributed by atoms with Crippen molar-refractivity contribution in [1.82, 2.24) is 20.0 Å². The molecule has 8 heteroatoms. The molecule has 1 fully saturated rings. The van der Waals surface area contributed by atoms with E-state index in [1.165, 1.54) is 6.92 Å². The molecular formula is C25H35N5O3. The molecule has 3 rings (SSSR count). The van der Waals surface area contributed by atoms with Crippen LogP contribution < -0.4 is 9.64 Å². The minimum atomic E-state index is -0.0485. The maximum Gasteiger partial charge on any atom is 0.242 e. The summed E-state index contributed by atoms with van der Waals surface area (Å²) < 4.78 is 5.20. The summed E-state index contributed by atoms with van der Waals surface area (Å²) in [7, 11) is 1.64. The monoisotopic (exact) mass is 453 g/mol. The zero-order chi connectivity index (χ0) is 23.8. The molecule has 2 aromatic rings. The van der Waals surface area contributed by atoms with Gasteiger partial charge in [0.05, 0.1) is 19.3 Å². The third kappa shape index (κ3) is 6.91. The molecular weight excluding hydrogens is 418 g/mol. The van der Waals surface area contributed by atoms with Crippen LogP contribution in [0.15, 0.2) is 36.4 Å². The van der Waals surface area contributed by atoms with E-state index in [4.69, 9.17) is 4.74 Å². The number of hydrogen-bond acceptors (Lipinski definition) is 6. The molecule has 0 atom stereocenters. The third-order valence-electron chi connectivity index (χ3n) is 5.96. The Balaban J connectivity index is 1.57. The first-order valence-electron chi connectivity index (χ1n) is 11.6. The van der Waals surface area contributed by atoms with Gasteiger partial charge in [-0.15, -0.1) is 10.2 Å². The second-order valence-electron chi connectivity index (χ2n) is 8.85. The van der Waals surface area contributed by atoms with Gasteiger partial charge >= 0.3 is 0 Å². The Morgan fingerprint density at radius 1 is 1.03 bits per heavy atom.